The van der Waals surface area contributed by atoms with Gasteiger partial charge in [-0.15, -0.1) is 0 Å². The van der Waals surface area contributed by atoms with Crippen molar-refractivity contribution in [3.8, 4) is 11.4 Å². The minimum Gasteiger partial charge on any atom is -0.378 e. The smallest absolute Gasteiger partial charge is 0.250 e. The van der Waals surface area contributed by atoms with Crippen molar-refractivity contribution >= 4 is 39.8 Å². The average molecular weight is 468 g/mol. The Bertz CT molecular complexity index is 1380. The first kappa shape index (κ1) is 22.4. The SMILES string of the molecule is C=C(C)C(=O)Nc1ccnc(-c2nccc3cnc(Nc4ccc(N5CCOCC5)cc4)nc23)c1. The van der Waals surface area contributed by atoms with Gasteiger partial charge in [0.05, 0.1) is 18.9 Å². The van der Waals surface area contributed by atoms with E-state index in [0.717, 1.165) is 43.1 Å². The highest BCUT2D eigenvalue weighted by Crippen LogP contribution is 2.27. The fraction of sp³-hybridized carbons (Fsp3) is 0.192. The molecular weight excluding hydrogens is 442 g/mol. The van der Waals surface area contributed by atoms with Crippen LogP contribution in [0.4, 0.5) is 23.0 Å². The molecule has 3 aromatic heterocycles. The lowest BCUT2D eigenvalue weighted by Gasteiger charge is -2.28. The number of fused-ring (bicyclic) bond motifs is 1. The number of amides is 1. The van der Waals surface area contributed by atoms with Crippen LogP contribution in [0.3, 0.4) is 0 Å². The number of hydrogen-bond donors (Lipinski definition) is 2. The summed E-state index contributed by atoms with van der Waals surface area (Å²) in [7, 11) is 0. The van der Waals surface area contributed by atoms with Crippen molar-refractivity contribution in [3.63, 3.8) is 0 Å². The van der Waals surface area contributed by atoms with Crippen molar-refractivity contribution in [1.29, 1.82) is 0 Å². The van der Waals surface area contributed by atoms with E-state index < -0.39 is 0 Å². The molecule has 176 valence electrons. The molecule has 0 aliphatic carbocycles. The van der Waals surface area contributed by atoms with Crippen LogP contribution in [0.15, 0.2) is 73.2 Å². The highest BCUT2D eigenvalue weighted by molar-refractivity contribution is 6.03. The summed E-state index contributed by atoms with van der Waals surface area (Å²) >= 11 is 0. The molecule has 0 bridgehead atoms. The number of anilines is 4. The summed E-state index contributed by atoms with van der Waals surface area (Å²) in [6.07, 6.45) is 5.07. The van der Waals surface area contributed by atoms with Gasteiger partial charge in [0.15, 0.2) is 0 Å². The molecule has 0 radical (unpaired) electrons. The van der Waals surface area contributed by atoms with Gasteiger partial charge in [0.25, 0.3) is 5.91 Å². The second-order valence-electron chi connectivity index (χ2n) is 8.23. The van der Waals surface area contributed by atoms with Crippen molar-refractivity contribution in [1.82, 2.24) is 19.9 Å². The normalized spacial score (nSPS) is 13.5. The van der Waals surface area contributed by atoms with Crippen molar-refractivity contribution in [2.24, 2.45) is 0 Å². The zero-order chi connectivity index (χ0) is 24.2. The topological polar surface area (TPSA) is 105 Å². The Balaban J connectivity index is 1.41. The van der Waals surface area contributed by atoms with E-state index in [4.69, 9.17) is 9.72 Å². The minimum absolute atomic E-state index is 0.249. The van der Waals surface area contributed by atoms with E-state index in [0.29, 0.717) is 34.1 Å². The summed E-state index contributed by atoms with van der Waals surface area (Å²) in [5, 5.41) is 6.92. The maximum absolute atomic E-state index is 12.0. The predicted molar refractivity (Wildman–Crippen MR) is 137 cm³/mol. The molecule has 0 saturated carbocycles. The van der Waals surface area contributed by atoms with Gasteiger partial charge >= 0.3 is 0 Å². The van der Waals surface area contributed by atoms with Crippen molar-refractivity contribution in [3.05, 3.63) is 73.2 Å². The first-order valence-electron chi connectivity index (χ1n) is 11.3. The van der Waals surface area contributed by atoms with E-state index in [1.54, 1.807) is 37.6 Å². The molecule has 1 amide bonds. The molecule has 1 saturated heterocycles. The van der Waals surface area contributed by atoms with Gasteiger partial charge < -0.3 is 20.3 Å². The Morgan fingerprint density at radius 2 is 1.77 bits per heavy atom. The summed E-state index contributed by atoms with van der Waals surface area (Å²) in [5.41, 5.74) is 4.93. The molecule has 4 heterocycles. The molecule has 9 nitrogen and oxygen atoms in total. The van der Waals surface area contributed by atoms with Gasteiger partial charge in [0, 0.05) is 59.7 Å². The monoisotopic (exact) mass is 467 g/mol. The fourth-order valence-electron chi connectivity index (χ4n) is 3.79. The highest BCUT2D eigenvalue weighted by atomic mass is 16.5. The lowest BCUT2D eigenvalue weighted by Crippen LogP contribution is -2.36. The number of aromatic nitrogens is 4. The van der Waals surface area contributed by atoms with Crippen molar-refractivity contribution < 1.29 is 9.53 Å². The minimum atomic E-state index is -0.249. The van der Waals surface area contributed by atoms with Crippen molar-refractivity contribution in [2.45, 2.75) is 6.92 Å². The molecule has 4 aromatic rings. The standard InChI is InChI=1S/C26H25N7O2/c1-17(2)25(34)30-20-8-10-27-22(15-20)24-23-18(7-9-28-24)16-29-26(32-23)31-19-3-5-21(6-4-19)33-11-13-35-14-12-33/h3-10,15-16H,1,11-14H2,2H3,(H,27,30,34)(H,29,31,32). The average Bonchev–Trinajstić information content (AvgIpc) is 2.89. The molecule has 35 heavy (non-hydrogen) atoms. The zero-order valence-electron chi connectivity index (χ0n) is 19.4. The number of ether oxygens (including phenoxy) is 1. The molecule has 0 unspecified atom stereocenters. The molecule has 0 atom stereocenters. The van der Waals surface area contributed by atoms with Gasteiger partial charge in [-0.05, 0) is 49.4 Å². The molecular formula is C26H25N7O2. The van der Waals surface area contributed by atoms with Gasteiger partial charge in [0.1, 0.15) is 11.2 Å². The second kappa shape index (κ2) is 9.86. The van der Waals surface area contributed by atoms with Crippen LogP contribution in [0.5, 0.6) is 0 Å². The number of hydrogen-bond acceptors (Lipinski definition) is 8. The third kappa shape index (κ3) is 5.10. The van der Waals surface area contributed by atoms with E-state index in [1.165, 1.54) is 0 Å². The second-order valence-corrected chi connectivity index (χ2v) is 8.23. The number of carbonyl (C=O) groups excluding carboxylic acids is 1. The summed E-state index contributed by atoms with van der Waals surface area (Å²) in [6, 6.07) is 13.5. The molecule has 0 spiro atoms. The van der Waals surface area contributed by atoms with Gasteiger partial charge in [-0.3, -0.25) is 14.8 Å². The van der Waals surface area contributed by atoms with Crippen LogP contribution < -0.4 is 15.5 Å². The van der Waals surface area contributed by atoms with Crippen LogP contribution in [0.1, 0.15) is 6.92 Å². The van der Waals surface area contributed by atoms with E-state index in [2.05, 4.69) is 49.2 Å². The number of rotatable bonds is 6. The van der Waals surface area contributed by atoms with E-state index in [1.807, 2.05) is 18.2 Å². The van der Waals surface area contributed by atoms with E-state index in [9.17, 15) is 4.79 Å². The Morgan fingerprint density at radius 1 is 1.00 bits per heavy atom. The van der Waals surface area contributed by atoms with Crippen LogP contribution in [0.25, 0.3) is 22.3 Å². The van der Waals surface area contributed by atoms with Gasteiger partial charge in [-0.25, -0.2) is 9.97 Å². The first-order valence-corrected chi connectivity index (χ1v) is 11.3. The number of carbonyl (C=O) groups is 1. The molecule has 9 heteroatoms. The highest BCUT2D eigenvalue weighted by Gasteiger charge is 2.13. The van der Waals surface area contributed by atoms with Gasteiger partial charge in [-0.1, -0.05) is 6.58 Å². The van der Waals surface area contributed by atoms with Crippen LogP contribution in [-0.4, -0.2) is 52.1 Å². The largest absolute Gasteiger partial charge is 0.378 e. The van der Waals surface area contributed by atoms with Crippen LogP contribution in [0.2, 0.25) is 0 Å². The Hall–Kier alpha value is -4.37. The van der Waals surface area contributed by atoms with E-state index >= 15 is 0 Å². The van der Waals surface area contributed by atoms with Crippen LogP contribution in [-0.2, 0) is 9.53 Å². The fourth-order valence-corrected chi connectivity index (χ4v) is 3.79. The predicted octanol–water partition coefficient (Wildman–Crippen LogP) is 4.18. The first-order chi connectivity index (χ1) is 17.1. The summed E-state index contributed by atoms with van der Waals surface area (Å²) < 4.78 is 5.43. The maximum atomic E-state index is 12.0. The van der Waals surface area contributed by atoms with Gasteiger partial charge in [0.2, 0.25) is 5.95 Å². The lowest BCUT2D eigenvalue weighted by atomic mass is 10.1. The zero-order valence-corrected chi connectivity index (χ0v) is 19.4. The number of nitrogens with one attached hydrogen (secondary N) is 2. The summed E-state index contributed by atoms with van der Waals surface area (Å²) in [6.45, 7) is 8.61. The third-order valence-electron chi connectivity index (χ3n) is 5.65. The molecule has 5 rings (SSSR count). The van der Waals surface area contributed by atoms with Gasteiger partial charge in [-0.2, -0.15) is 0 Å². The Morgan fingerprint density at radius 3 is 2.54 bits per heavy atom. The Kier molecular flexibility index (Phi) is 6.32. The molecule has 1 aliphatic heterocycles. The van der Waals surface area contributed by atoms with Crippen LogP contribution >= 0.6 is 0 Å². The molecule has 1 fully saturated rings. The van der Waals surface area contributed by atoms with Crippen molar-refractivity contribution in [2.75, 3.05) is 41.8 Å². The Labute approximate surface area is 202 Å². The maximum Gasteiger partial charge on any atom is 0.250 e. The quantitative estimate of drug-likeness (QED) is 0.407. The molecule has 1 aromatic carbocycles. The van der Waals surface area contributed by atoms with Crippen LogP contribution in [0, 0.1) is 0 Å². The van der Waals surface area contributed by atoms with E-state index in [-0.39, 0.29) is 5.91 Å². The number of nitrogens with zero attached hydrogens (tertiary/aromatic N) is 5. The summed E-state index contributed by atoms with van der Waals surface area (Å²) in [5.74, 6) is 0.207. The number of pyridine rings is 2. The third-order valence-corrected chi connectivity index (χ3v) is 5.65. The molecule has 1 aliphatic rings. The summed E-state index contributed by atoms with van der Waals surface area (Å²) in [4.78, 5) is 32.5. The number of benzene rings is 1. The lowest BCUT2D eigenvalue weighted by molar-refractivity contribution is -0.112. The molecule has 2 N–H and O–H groups in total. The number of morpholine rings is 1.